The minimum Gasteiger partial charge on any atom is -0.493 e. The van der Waals surface area contributed by atoms with Crippen molar-refractivity contribution in [1.29, 1.82) is 5.41 Å². The number of carbonyl (C=O) groups excluding carboxylic acids is 2. The van der Waals surface area contributed by atoms with Gasteiger partial charge in [-0.1, -0.05) is 12.1 Å². The number of amides is 1. The van der Waals surface area contributed by atoms with Crippen LogP contribution in [-0.4, -0.2) is 43.4 Å². The number of nitrogens with one attached hydrogen (secondary N) is 4. The van der Waals surface area contributed by atoms with Crippen LogP contribution in [0.25, 0.3) is 0 Å². The third-order valence-corrected chi connectivity index (χ3v) is 4.62. The van der Waals surface area contributed by atoms with Gasteiger partial charge in [0.15, 0.2) is 11.5 Å². The number of benzene rings is 2. The number of hydrogen-bond donors (Lipinski definition) is 5. The van der Waals surface area contributed by atoms with Crippen LogP contribution in [-0.2, 0) is 9.59 Å². The fourth-order valence-electron chi connectivity index (χ4n) is 2.88. The Morgan fingerprint density at radius 2 is 1.70 bits per heavy atom. The van der Waals surface area contributed by atoms with E-state index in [0.717, 1.165) is 0 Å². The third-order valence-electron chi connectivity index (χ3n) is 4.62. The number of ether oxygens (including phenoxy) is 2. The SMILES string of the molecule is COc1ccc(C(Nc2ccc(C(=N)N)cc2)C(=O)NNc2ccccn2)cc1OC.O=CC(F)(F)F. The number of rotatable bonds is 9. The summed E-state index contributed by atoms with van der Waals surface area (Å²) in [6.45, 7) is 0. The maximum absolute atomic E-state index is 13.1. The second-order valence-electron chi connectivity index (χ2n) is 7.17. The summed E-state index contributed by atoms with van der Waals surface area (Å²) in [5.41, 5.74) is 12.9. The van der Waals surface area contributed by atoms with Crippen LogP contribution < -0.4 is 31.4 Å². The summed E-state index contributed by atoms with van der Waals surface area (Å²) in [4.78, 5) is 25.9. The van der Waals surface area contributed by atoms with Gasteiger partial charge < -0.3 is 20.5 Å². The third kappa shape index (κ3) is 9.05. The van der Waals surface area contributed by atoms with Crippen LogP contribution in [0.2, 0.25) is 0 Å². The molecule has 0 spiro atoms. The van der Waals surface area contributed by atoms with Gasteiger partial charge in [0.2, 0.25) is 6.29 Å². The van der Waals surface area contributed by atoms with E-state index in [4.69, 9.17) is 25.4 Å². The Balaban J connectivity index is 0.000000717. The van der Waals surface area contributed by atoms with Gasteiger partial charge in [-0.3, -0.25) is 25.8 Å². The number of anilines is 2. The number of carbonyl (C=O) groups is 2. The quantitative estimate of drug-likeness (QED) is 0.125. The van der Waals surface area contributed by atoms with Gasteiger partial charge in [0.1, 0.15) is 17.7 Å². The minimum absolute atomic E-state index is 0.0275. The van der Waals surface area contributed by atoms with Crippen molar-refractivity contribution >= 4 is 29.5 Å². The van der Waals surface area contributed by atoms with Gasteiger partial charge in [0, 0.05) is 17.4 Å². The van der Waals surface area contributed by atoms with Crippen LogP contribution >= 0.6 is 0 Å². The molecule has 0 radical (unpaired) electrons. The lowest BCUT2D eigenvalue weighted by Gasteiger charge is -2.21. The zero-order valence-electron chi connectivity index (χ0n) is 19.8. The van der Waals surface area contributed by atoms with Crippen molar-refractivity contribution in [2.45, 2.75) is 12.2 Å². The summed E-state index contributed by atoms with van der Waals surface area (Å²) < 4.78 is 41.9. The van der Waals surface area contributed by atoms with Gasteiger partial charge in [-0.15, -0.1) is 0 Å². The second-order valence-corrected chi connectivity index (χ2v) is 7.17. The summed E-state index contributed by atoms with van der Waals surface area (Å²) in [6, 6.07) is 16.7. The molecule has 0 fully saturated rings. The maximum Gasteiger partial charge on any atom is 0.446 e. The molecule has 1 heterocycles. The van der Waals surface area contributed by atoms with Crippen LogP contribution in [0, 0.1) is 5.41 Å². The highest BCUT2D eigenvalue weighted by Crippen LogP contribution is 2.31. The molecule has 0 aliphatic heterocycles. The zero-order chi connectivity index (χ0) is 27.4. The van der Waals surface area contributed by atoms with Crippen molar-refractivity contribution in [3.63, 3.8) is 0 Å². The predicted molar refractivity (Wildman–Crippen MR) is 131 cm³/mol. The number of nitrogens with two attached hydrogens (primary N) is 1. The number of nitrogen functional groups attached to an aromatic ring is 1. The monoisotopic (exact) mass is 518 g/mol. The molecule has 37 heavy (non-hydrogen) atoms. The molecule has 1 aromatic heterocycles. The molecule has 13 heteroatoms. The summed E-state index contributed by atoms with van der Waals surface area (Å²) in [7, 11) is 3.08. The lowest BCUT2D eigenvalue weighted by Crippen LogP contribution is -2.37. The number of alkyl halides is 3. The van der Waals surface area contributed by atoms with E-state index in [1.165, 1.54) is 7.11 Å². The number of nitrogens with zero attached hydrogens (tertiary/aromatic N) is 1. The molecule has 0 aliphatic carbocycles. The largest absolute Gasteiger partial charge is 0.493 e. The van der Waals surface area contributed by atoms with E-state index in [-0.39, 0.29) is 11.7 Å². The lowest BCUT2D eigenvalue weighted by atomic mass is 10.0. The number of hydrogen-bond acceptors (Lipinski definition) is 8. The van der Waals surface area contributed by atoms with Gasteiger partial charge in [-0.25, -0.2) is 4.98 Å². The van der Waals surface area contributed by atoms with Crippen LogP contribution in [0.1, 0.15) is 17.2 Å². The number of halogens is 3. The van der Waals surface area contributed by atoms with Gasteiger partial charge in [0.05, 0.1) is 14.2 Å². The van der Waals surface area contributed by atoms with Crippen molar-refractivity contribution in [2.24, 2.45) is 5.73 Å². The van der Waals surface area contributed by atoms with Crippen LogP contribution in [0.5, 0.6) is 11.5 Å². The highest BCUT2D eigenvalue weighted by molar-refractivity contribution is 5.95. The molecule has 196 valence electrons. The van der Waals surface area contributed by atoms with E-state index in [9.17, 15) is 18.0 Å². The molecule has 1 atom stereocenters. The predicted octanol–water partition coefficient (Wildman–Crippen LogP) is 3.43. The lowest BCUT2D eigenvalue weighted by molar-refractivity contribution is -0.156. The van der Waals surface area contributed by atoms with Crippen LogP contribution in [0.4, 0.5) is 24.7 Å². The van der Waals surface area contributed by atoms with Gasteiger partial charge in [-0.05, 0) is 54.1 Å². The smallest absolute Gasteiger partial charge is 0.446 e. The number of amidine groups is 1. The van der Waals surface area contributed by atoms with Crippen molar-refractivity contribution in [1.82, 2.24) is 10.4 Å². The maximum atomic E-state index is 13.1. The summed E-state index contributed by atoms with van der Waals surface area (Å²) >= 11 is 0. The Hall–Kier alpha value is -4.81. The number of aldehydes is 1. The van der Waals surface area contributed by atoms with Crippen LogP contribution in [0.15, 0.2) is 66.9 Å². The van der Waals surface area contributed by atoms with Crippen LogP contribution in [0.3, 0.4) is 0 Å². The Morgan fingerprint density at radius 1 is 1.05 bits per heavy atom. The molecular formula is C24H25F3N6O4. The number of pyridine rings is 1. The molecule has 1 unspecified atom stereocenters. The molecule has 0 aliphatic rings. The van der Waals surface area contributed by atoms with E-state index >= 15 is 0 Å². The Labute approximate surface area is 210 Å². The van der Waals surface area contributed by atoms with Crippen molar-refractivity contribution < 1.29 is 32.2 Å². The first-order chi connectivity index (χ1) is 17.6. The standard InChI is InChI=1S/C22H24N6O3.C2HF3O/c1-30-17-11-8-15(13-18(17)31-2)20(22(29)28-27-19-5-3-4-12-25-19)26-16-9-6-14(7-10-16)21(23)24;3-2(4,5)1-6/h3-13,20,26H,1-2H3,(H3,23,24)(H,25,27)(H,28,29);1H. The highest BCUT2D eigenvalue weighted by atomic mass is 19.4. The van der Waals surface area contributed by atoms with E-state index in [1.807, 2.05) is 6.07 Å². The van der Waals surface area contributed by atoms with E-state index < -0.39 is 18.5 Å². The van der Waals surface area contributed by atoms with Crippen molar-refractivity contribution in [3.05, 3.63) is 78.0 Å². The molecule has 6 N–H and O–H groups in total. The van der Waals surface area contributed by atoms with Crippen molar-refractivity contribution in [3.8, 4) is 11.5 Å². The topological polar surface area (TPSA) is 151 Å². The minimum atomic E-state index is -4.64. The molecule has 2 aromatic carbocycles. The van der Waals surface area contributed by atoms with E-state index in [1.54, 1.807) is 67.9 Å². The average Bonchev–Trinajstić information content (AvgIpc) is 2.90. The molecule has 0 saturated heterocycles. The molecule has 0 bridgehead atoms. The Bertz CT molecular complexity index is 1190. The highest BCUT2D eigenvalue weighted by Gasteiger charge is 2.25. The number of aromatic nitrogens is 1. The number of hydrazine groups is 1. The molecule has 10 nitrogen and oxygen atoms in total. The van der Waals surface area contributed by atoms with Crippen molar-refractivity contribution in [2.75, 3.05) is 25.0 Å². The molecule has 3 rings (SSSR count). The molecule has 3 aromatic rings. The van der Waals surface area contributed by atoms with E-state index in [0.29, 0.717) is 34.1 Å². The zero-order valence-corrected chi connectivity index (χ0v) is 19.8. The second kappa shape index (κ2) is 13.3. The Morgan fingerprint density at radius 3 is 2.22 bits per heavy atom. The molecule has 0 saturated carbocycles. The van der Waals surface area contributed by atoms with Gasteiger partial charge in [0.25, 0.3) is 5.91 Å². The summed E-state index contributed by atoms with van der Waals surface area (Å²) in [6.07, 6.45) is -4.08. The number of methoxy groups -OCH3 is 2. The molecule has 1 amide bonds. The Kier molecular flexibility index (Phi) is 10.2. The molecular weight excluding hydrogens is 493 g/mol. The van der Waals surface area contributed by atoms with Gasteiger partial charge >= 0.3 is 6.18 Å². The van der Waals surface area contributed by atoms with E-state index in [2.05, 4.69) is 21.2 Å². The first-order valence-electron chi connectivity index (χ1n) is 10.5. The van der Waals surface area contributed by atoms with Gasteiger partial charge in [-0.2, -0.15) is 13.2 Å². The fourth-order valence-corrected chi connectivity index (χ4v) is 2.88. The summed E-state index contributed by atoms with van der Waals surface area (Å²) in [5.74, 6) is 1.20. The normalized spacial score (nSPS) is 11.2. The first kappa shape index (κ1) is 28.4. The summed E-state index contributed by atoms with van der Waals surface area (Å²) in [5, 5.41) is 10.7. The average molecular weight is 518 g/mol. The first-order valence-corrected chi connectivity index (χ1v) is 10.5. The fraction of sp³-hybridized carbons (Fsp3) is 0.167.